The molecular weight excluding hydrogens is 250 g/mol. The second kappa shape index (κ2) is 5.23. The predicted molar refractivity (Wildman–Crippen MR) is 79.1 cm³/mol. The summed E-state index contributed by atoms with van der Waals surface area (Å²) in [6.45, 7) is 4.31. The topological polar surface area (TPSA) is 69.6 Å². The average Bonchev–Trinajstić information content (AvgIpc) is 2.91. The summed E-state index contributed by atoms with van der Waals surface area (Å²) >= 11 is 0. The summed E-state index contributed by atoms with van der Waals surface area (Å²) < 4.78 is 1.97. The predicted octanol–water partition coefficient (Wildman–Crippen LogP) is 2.98. The molecule has 5 nitrogen and oxygen atoms in total. The highest BCUT2D eigenvalue weighted by molar-refractivity contribution is 5.74. The van der Waals surface area contributed by atoms with Crippen LogP contribution in [0.15, 0.2) is 18.2 Å². The molecule has 1 aromatic carbocycles. The largest absolute Gasteiger partial charge is 0.398 e. The summed E-state index contributed by atoms with van der Waals surface area (Å²) in [6, 6.07) is 6.40. The van der Waals surface area contributed by atoms with Gasteiger partial charge in [0.15, 0.2) is 5.82 Å². The molecule has 2 unspecified atom stereocenters. The fourth-order valence-electron chi connectivity index (χ4n) is 3.12. The SMILES string of the molecule is Cc1cccc(-c2nnnn2C2CCCC(C)C2)c1N. The van der Waals surface area contributed by atoms with Gasteiger partial charge in [-0.25, -0.2) is 4.68 Å². The van der Waals surface area contributed by atoms with Crippen LogP contribution in [-0.2, 0) is 0 Å². The Morgan fingerprint density at radius 3 is 2.95 bits per heavy atom. The third-order valence-electron chi connectivity index (χ3n) is 4.31. The molecule has 1 aliphatic carbocycles. The van der Waals surface area contributed by atoms with E-state index in [1.807, 2.05) is 29.8 Å². The first-order valence-electron chi connectivity index (χ1n) is 7.30. The van der Waals surface area contributed by atoms with Crippen LogP contribution in [0, 0.1) is 12.8 Å². The molecule has 1 aliphatic rings. The van der Waals surface area contributed by atoms with Crippen molar-refractivity contribution in [3.05, 3.63) is 23.8 Å². The van der Waals surface area contributed by atoms with E-state index < -0.39 is 0 Å². The molecular formula is C15H21N5. The van der Waals surface area contributed by atoms with Crippen LogP contribution in [0.1, 0.15) is 44.2 Å². The number of para-hydroxylation sites is 1. The number of aryl methyl sites for hydroxylation is 1. The fourth-order valence-corrected chi connectivity index (χ4v) is 3.12. The van der Waals surface area contributed by atoms with E-state index in [2.05, 4.69) is 22.4 Å². The Morgan fingerprint density at radius 1 is 1.30 bits per heavy atom. The van der Waals surface area contributed by atoms with E-state index in [9.17, 15) is 0 Å². The Morgan fingerprint density at radius 2 is 2.15 bits per heavy atom. The Kier molecular flexibility index (Phi) is 3.42. The van der Waals surface area contributed by atoms with Gasteiger partial charge in [0.05, 0.1) is 6.04 Å². The van der Waals surface area contributed by atoms with Crippen LogP contribution in [0.25, 0.3) is 11.4 Å². The highest BCUT2D eigenvalue weighted by Crippen LogP contribution is 2.35. The summed E-state index contributed by atoms with van der Waals surface area (Å²) in [5, 5.41) is 12.3. The third kappa shape index (κ3) is 2.28. The maximum absolute atomic E-state index is 6.19. The zero-order valence-electron chi connectivity index (χ0n) is 12.1. The molecule has 0 spiro atoms. The molecule has 5 heteroatoms. The van der Waals surface area contributed by atoms with Crippen molar-refractivity contribution >= 4 is 5.69 Å². The van der Waals surface area contributed by atoms with Crippen LogP contribution < -0.4 is 5.73 Å². The summed E-state index contributed by atoms with van der Waals surface area (Å²) in [4.78, 5) is 0. The first kappa shape index (κ1) is 13.1. The van der Waals surface area contributed by atoms with Gasteiger partial charge < -0.3 is 5.73 Å². The number of nitrogens with two attached hydrogens (primary N) is 1. The van der Waals surface area contributed by atoms with E-state index >= 15 is 0 Å². The molecule has 0 aliphatic heterocycles. The molecule has 2 aromatic rings. The first-order valence-corrected chi connectivity index (χ1v) is 7.30. The third-order valence-corrected chi connectivity index (χ3v) is 4.31. The van der Waals surface area contributed by atoms with Crippen molar-refractivity contribution in [3.8, 4) is 11.4 Å². The molecule has 106 valence electrons. The van der Waals surface area contributed by atoms with Crippen LogP contribution >= 0.6 is 0 Å². The monoisotopic (exact) mass is 271 g/mol. The molecule has 1 fully saturated rings. The van der Waals surface area contributed by atoms with Crippen molar-refractivity contribution in [1.82, 2.24) is 20.2 Å². The maximum Gasteiger partial charge on any atom is 0.184 e. The van der Waals surface area contributed by atoms with Crippen LogP contribution in [0.3, 0.4) is 0 Å². The number of hydrogen-bond acceptors (Lipinski definition) is 4. The molecule has 2 atom stereocenters. The minimum absolute atomic E-state index is 0.392. The van der Waals surface area contributed by atoms with Gasteiger partial charge in [0, 0.05) is 11.3 Å². The molecule has 1 aromatic heterocycles. The number of tetrazole rings is 1. The number of benzene rings is 1. The molecule has 1 heterocycles. The number of nitrogen functional groups attached to an aromatic ring is 1. The van der Waals surface area contributed by atoms with Crippen molar-refractivity contribution in [2.45, 2.75) is 45.6 Å². The molecule has 0 saturated heterocycles. The van der Waals surface area contributed by atoms with Crippen molar-refractivity contribution in [3.63, 3.8) is 0 Å². The second-order valence-corrected chi connectivity index (χ2v) is 5.91. The van der Waals surface area contributed by atoms with Crippen molar-refractivity contribution < 1.29 is 0 Å². The van der Waals surface area contributed by atoms with Crippen LogP contribution in [0.4, 0.5) is 5.69 Å². The Labute approximate surface area is 119 Å². The number of aromatic nitrogens is 4. The van der Waals surface area contributed by atoms with E-state index in [-0.39, 0.29) is 0 Å². The molecule has 2 N–H and O–H groups in total. The van der Waals surface area contributed by atoms with Crippen LogP contribution in [0.5, 0.6) is 0 Å². The summed E-state index contributed by atoms with van der Waals surface area (Å²) in [7, 11) is 0. The Hall–Kier alpha value is -1.91. The molecule has 20 heavy (non-hydrogen) atoms. The van der Waals surface area contributed by atoms with Gasteiger partial charge in [-0.3, -0.25) is 0 Å². The van der Waals surface area contributed by atoms with Crippen molar-refractivity contribution in [2.75, 3.05) is 5.73 Å². The van der Waals surface area contributed by atoms with Gasteiger partial charge in [0.1, 0.15) is 0 Å². The standard InChI is InChI=1S/C15H21N5/c1-10-5-3-7-12(9-10)20-15(17-18-19-20)13-8-4-6-11(2)14(13)16/h4,6,8,10,12H,3,5,7,9,16H2,1-2H3. The fraction of sp³-hybridized carbons (Fsp3) is 0.533. The number of nitrogens with zero attached hydrogens (tertiary/aromatic N) is 4. The molecule has 0 amide bonds. The number of anilines is 1. The van der Waals surface area contributed by atoms with Gasteiger partial charge in [-0.2, -0.15) is 0 Å². The normalized spacial score (nSPS) is 22.9. The van der Waals surface area contributed by atoms with Gasteiger partial charge in [-0.1, -0.05) is 31.9 Å². The van der Waals surface area contributed by atoms with Crippen LogP contribution in [-0.4, -0.2) is 20.2 Å². The van der Waals surface area contributed by atoms with Crippen molar-refractivity contribution in [2.24, 2.45) is 5.92 Å². The quantitative estimate of drug-likeness (QED) is 0.852. The molecule has 0 bridgehead atoms. The maximum atomic E-state index is 6.19. The molecule has 0 radical (unpaired) electrons. The van der Waals surface area contributed by atoms with Gasteiger partial charge in [-0.15, -0.1) is 5.10 Å². The summed E-state index contributed by atoms with van der Waals surface area (Å²) in [6.07, 6.45) is 4.84. The van der Waals surface area contributed by atoms with Gasteiger partial charge in [0.2, 0.25) is 0 Å². The molecule has 1 saturated carbocycles. The highest BCUT2D eigenvalue weighted by Gasteiger charge is 2.25. The van der Waals surface area contributed by atoms with E-state index in [4.69, 9.17) is 5.73 Å². The summed E-state index contributed by atoms with van der Waals surface area (Å²) in [5.41, 5.74) is 8.96. The van der Waals surface area contributed by atoms with E-state index in [0.717, 1.165) is 41.4 Å². The van der Waals surface area contributed by atoms with Crippen LogP contribution in [0.2, 0.25) is 0 Å². The zero-order chi connectivity index (χ0) is 14.1. The molecule has 3 rings (SSSR count). The van der Waals surface area contributed by atoms with Gasteiger partial charge in [0.25, 0.3) is 0 Å². The van der Waals surface area contributed by atoms with E-state index in [0.29, 0.717) is 6.04 Å². The Balaban J connectivity index is 1.99. The lowest BCUT2D eigenvalue weighted by Gasteiger charge is -2.27. The lowest BCUT2D eigenvalue weighted by atomic mass is 9.87. The van der Waals surface area contributed by atoms with E-state index in [1.54, 1.807) is 0 Å². The van der Waals surface area contributed by atoms with Gasteiger partial charge in [-0.05, 0) is 47.7 Å². The smallest absolute Gasteiger partial charge is 0.184 e. The van der Waals surface area contributed by atoms with Crippen molar-refractivity contribution in [1.29, 1.82) is 0 Å². The first-order chi connectivity index (χ1) is 9.66. The Bertz CT molecular complexity index is 604. The second-order valence-electron chi connectivity index (χ2n) is 5.91. The summed E-state index contributed by atoms with van der Waals surface area (Å²) in [5.74, 6) is 1.53. The average molecular weight is 271 g/mol. The van der Waals surface area contributed by atoms with E-state index in [1.165, 1.54) is 12.8 Å². The zero-order valence-corrected chi connectivity index (χ0v) is 12.1. The lowest BCUT2D eigenvalue weighted by molar-refractivity contribution is 0.265. The lowest BCUT2D eigenvalue weighted by Crippen LogP contribution is -2.19. The minimum Gasteiger partial charge on any atom is -0.398 e. The number of hydrogen-bond donors (Lipinski definition) is 1. The minimum atomic E-state index is 0.392. The highest BCUT2D eigenvalue weighted by atomic mass is 15.5. The van der Waals surface area contributed by atoms with Gasteiger partial charge >= 0.3 is 0 Å². The number of rotatable bonds is 2.